The molecule has 0 rings (SSSR count). The Morgan fingerprint density at radius 1 is 1.06 bits per heavy atom. The van der Waals surface area contributed by atoms with Gasteiger partial charge in [0.2, 0.25) is 0 Å². The molecule has 94 valence electrons. The Labute approximate surface area is 102 Å². The fourth-order valence-corrected chi connectivity index (χ4v) is 1.78. The van der Waals surface area contributed by atoms with Crippen LogP contribution in [0.1, 0.15) is 54.4 Å². The quantitative estimate of drug-likeness (QED) is 0.691. The monoisotopic (exact) mass is 223 g/mol. The molecule has 0 radical (unpaired) electrons. The summed E-state index contributed by atoms with van der Waals surface area (Å²) in [6.07, 6.45) is 7.79. The summed E-state index contributed by atoms with van der Waals surface area (Å²) in [4.78, 5) is 0. The molecule has 0 amide bonds. The minimum Gasteiger partial charge on any atom is -0.325 e. The molecule has 0 aliphatic rings. The summed E-state index contributed by atoms with van der Waals surface area (Å²) >= 11 is 0. The molecule has 0 spiro atoms. The van der Waals surface area contributed by atoms with Gasteiger partial charge in [-0.25, -0.2) is 0 Å². The number of allylic oxidation sites excluding steroid dienone is 2. The third-order valence-electron chi connectivity index (χ3n) is 3.73. The van der Waals surface area contributed by atoms with Gasteiger partial charge in [-0.15, -0.1) is 0 Å². The van der Waals surface area contributed by atoms with Gasteiger partial charge in [-0.05, 0) is 30.6 Å². The minimum atomic E-state index is -0.143. The van der Waals surface area contributed by atoms with Crippen molar-refractivity contribution in [2.24, 2.45) is 16.6 Å². The van der Waals surface area contributed by atoms with Gasteiger partial charge in [-0.2, -0.15) is 0 Å². The van der Waals surface area contributed by atoms with Crippen LogP contribution in [-0.4, -0.2) is 5.54 Å². The largest absolute Gasteiger partial charge is 0.325 e. The van der Waals surface area contributed by atoms with Crippen LogP contribution >= 0.6 is 0 Å². The van der Waals surface area contributed by atoms with Crippen LogP contribution in [0.15, 0.2) is 24.8 Å². The van der Waals surface area contributed by atoms with Crippen LogP contribution in [0.5, 0.6) is 0 Å². The summed E-state index contributed by atoms with van der Waals surface area (Å²) in [6, 6.07) is 0. The predicted molar refractivity (Wildman–Crippen MR) is 74.4 cm³/mol. The second kappa shape index (κ2) is 5.18. The van der Waals surface area contributed by atoms with Crippen molar-refractivity contribution < 1.29 is 0 Å². The van der Waals surface area contributed by atoms with Crippen molar-refractivity contribution in [3.05, 3.63) is 24.8 Å². The van der Waals surface area contributed by atoms with Crippen molar-refractivity contribution in [1.29, 1.82) is 0 Å². The SMILES string of the molecule is C=C/C=C/CC(C)(N)CC(C)(C)C(C)(C)C. The van der Waals surface area contributed by atoms with Gasteiger partial charge in [0.25, 0.3) is 0 Å². The van der Waals surface area contributed by atoms with E-state index in [0.29, 0.717) is 0 Å². The fourth-order valence-electron chi connectivity index (χ4n) is 1.78. The third-order valence-corrected chi connectivity index (χ3v) is 3.73. The lowest BCUT2D eigenvalue weighted by Crippen LogP contribution is -2.44. The lowest BCUT2D eigenvalue weighted by Gasteiger charge is -2.43. The van der Waals surface area contributed by atoms with Gasteiger partial charge >= 0.3 is 0 Å². The third kappa shape index (κ3) is 4.98. The standard InChI is InChI=1S/C15H29N/c1-8-9-10-11-15(7,16)12-14(5,6)13(2,3)4/h8-10H,1,11-12,16H2,2-7H3/b10-9+. The van der Waals surface area contributed by atoms with Crippen molar-refractivity contribution >= 4 is 0 Å². The van der Waals surface area contributed by atoms with Gasteiger partial charge in [0, 0.05) is 5.54 Å². The number of nitrogens with two attached hydrogens (primary N) is 1. The highest BCUT2D eigenvalue weighted by Gasteiger charge is 2.37. The molecule has 1 nitrogen and oxygen atoms in total. The van der Waals surface area contributed by atoms with E-state index in [2.05, 4.69) is 54.2 Å². The smallest absolute Gasteiger partial charge is 0.0166 e. The zero-order valence-electron chi connectivity index (χ0n) is 11.9. The molecule has 2 N–H and O–H groups in total. The minimum absolute atomic E-state index is 0.143. The van der Waals surface area contributed by atoms with Crippen LogP contribution in [0.25, 0.3) is 0 Å². The first-order valence-corrected chi connectivity index (χ1v) is 6.08. The Kier molecular flexibility index (Phi) is 5.00. The van der Waals surface area contributed by atoms with E-state index in [0.717, 1.165) is 12.8 Å². The normalized spacial score (nSPS) is 17.4. The highest BCUT2D eigenvalue weighted by Crippen LogP contribution is 2.43. The molecule has 0 bridgehead atoms. The van der Waals surface area contributed by atoms with Gasteiger partial charge in [0.15, 0.2) is 0 Å². The lowest BCUT2D eigenvalue weighted by molar-refractivity contribution is 0.0898. The summed E-state index contributed by atoms with van der Waals surface area (Å²) in [5.41, 5.74) is 6.72. The Bertz CT molecular complexity index is 251. The van der Waals surface area contributed by atoms with Crippen molar-refractivity contribution in [2.45, 2.75) is 59.9 Å². The van der Waals surface area contributed by atoms with Gasteiger partial charge in [-0.3, -0.25) is 0 Å². The molecule has 0 aliphatic carbocycles. The zero-order chi connectivity index (χ0) is 13.0. The van der Waals surface area contributed by atoms with Gasteiger partial charge < -0.3 is 5.73 Å². The first-order chi connectivity index (χ1) is 7.02. The van der Waals surface area contributed by atoms with E-state index in [1.807, 2.05) is 6.08 Å². The van der Waals surface area contributed by atoms with Crippen LogP contribution in [0.4, 0.5) is 0 Å². The maximum absolute atomic E-state index is 6.35. The summed E-state index contributed by atoms with van der Waals surface area (Å²) in [7, 11) is 0. The first kappa shape index (κ1) is 15.4. The number of rotatable bonds is 5. The molecule has 0 saturated heterocycles. The first-order valence-electron chi connectivity index (χ1n) is 6.08. The number of hydrogen-bond acceptors (Lipinski definition) is 1. The molecule has 0 fully saturated rings. The molecule has 1 unspecified atom stereocenters. The van der Waals surface area contributed by atoms with Crippen LogP contribution < -0.4 is 5.73 Å². The van der Waals surface area contributed by atoms with Gasteiger partial charge in [0.1, 0.15) is 0 Å². The molecule has 0 aromatic rings. The Morgan fingerprint density at radius 3 is 1.94 bits per heavy atom. The van der Waals surface area contributed by atoms with E-state index in [4.69, 9.17) is 5.73 Å². The Hall–Kier alpha value is -0.560. The summed E-state index contributed by atoms with van der Waals surface area (Å²) in [5, 5.41) is 0. The summed E-state index contributed by atoms with van der Waals surface area (Å²) in [6.45, 7) is 17.2. The second-order valence-corrected chi connectivity index (χ2v) is 6.83. The molecule has 0 aromatic heterocycles. The van der Waals surface area contributed by atoms with Crippen LogP contribution in [0.2, 0.25) is 0 Å². The molecule has 1 atom stereocenters. The maximum Gasteiger partial charge on any atom is 0.0166 e. The molecule has 0 saturated carbocycles. The highest BCUT2D eigenvalue weighted by atomic mass is 14.7. The highest BCUT2D eigenvalue weighted by molar-refractivity contribution is 5.02. The number of hydrogen-bond donors (Lipinski definition) is 1. The van der Waals surface area contributed by atoms with E-state index >= 15 is 0 Å². The molecule has 0 aromatic carbocycles. The molecule has 1 heteroatoms. The molecular weight excluding hydrogens is 194 g/mol. The topological polar surface area (TPSA) is 26.0 Å². The van der Waals surface area contributed by atoms with Crippen molar-refractivity contribution in [1.82, 2.24) is 0 Å². The van der Waals surface area contributed by atoms with E-state index in [9.17, 15) is 0 Å². The van der Waals surface area contributed by atoms with Crippen molar-refractivity contribution in [3.63, 3.8) is 0 Å². The fraction of sp³-hybridized carbons (Fsp3) is 0.733. The van der Waals surface area contributed by atoms with Gasteiger partial charge in [-0.1, -0.05) is 59.4 Å². The molecular formula is C15H29N. The summed E-state index contributed by atoms with van der Waals surface area (Å²) in [5.74, 6) is 0. The maximum atomic E-state index is 6.35. The van der Waals surface area contributed by atoms with Crippen LogP contribution in [0, 0.1) is 10.8 Å². The van der Waals surface area contributed by atoms with E-state index < -0.39 is 0 Å². The zero-order valence-corrected chi connectivity index (χ0v) is 11.9. The predicted octanol–water partition coefficient (Wildman–Crippen LogP) is 4.30. The van der Waals surface area contributed by atoms with E-state index in [1.165, 1.54) is 0 Å². The summed E-state index contributed by atoms with van der Waals surface area (Å²) < 4.78 is 0. The molecule has 0 aliphatic heterocycles. The van der Waals surface area contributed by atoms with Crippen LogP contribution in [-0.2, 0) is 0 Å². The van der Waals surface area contributed by atoms with E-state index in [-0.39, 0.29) is 16.4 Å². The van der Waals surface area contributed by atoms with Crippen LogP contribution in [0.3, 0.4) is 0 Å². The second-order valence-electron chi connectivity index (χ2n) is 6.83. The average molecular weight is 223 g/mol. The van der Waals surface area contributed by atoms with E-state index in [1.54, 1.807) is 6.08 Å². The van der Waals surface area contributed by atoms with Crippen molar-refractivity contribution in [2.75, 3.05) is 0 Å². The molecule has 0 heterocycles. The Balaban J connectivity index is 4.57. The average Bonchev–Trinajstić information content (AvgIpc) is 1.99. The molecule has 16 heavy (non-hydrogen) atoms. The van der Waals surface area contributed by atoms with Crippen molar-refractivity contribution in [3.8, 4) is 0 Å². The van der Waals surface area contributed by atoms with Gasteiger partial charge in [0.05, 0.1) is 0 Å². The lowest BCUT2D eigenvalue weighted by atomic mass is 9.63. The Morgan fingerprint density at radius 2 is 1.56 bits per heavy atom.